The quantitative estimate of drug-likeness (QED) is 0.204. The fourth-order valence-electron chi connectivity index (χ4n) is 6.04. The summed E-state index contributed by atoms with van der Waals surface area (Å²) in [5.41, 5.74) is 6.35. The zero-order chi connectivity index (χ0) is 32.1. The molecule has 3 aromatic rings. The SMILES string of the molecule is CC.CN=CC(=Nc1ccc(-c2ccc3c(c2)NC(C2CCCN2C(=O)OC(C)(C)C)N3C)cc1)c1cnc([C@@H]2CPCN2)[nH]1. The molecule has 0 aliphatic carbocycles. The van der Waals surface area contributed by atoms with Crippen LogP contribution in [-0.2, 0) is 4.74 Å². The summed E-state index contributed by atoms with van der Waals surface area (Å²) in [5.74, 6) is 0.955. The van der Waals surface area contributed by atoms with Crippen LogP contribution in [0, 0.1) is 0 Å². The van der Waals surface area contributed by atoms with Crippen LogP contribution in [0.2, 0.25) is 0 Å². The summed E-state index contributed by atoms with van der Waals surface area (Å²) < 4.78 is 5.71. The summed E-state index contributed by atoms with van der Waals surface area (Å²) in [6.07, 6.45) is 7.43. The number of ether oxygens (including phenoxy) is 1. The third-order valence-electron chi connectivity index (χ3n) is 8.11. The van der Waals surface area contributed by atoms with Crippen molar-refractivity contribution in [2.45, 2.75) is 71.3 Å². The van der Waals surface area contributed by atoms with Crippen LogP contribution in [0.25, 0.3) is 11.1 Å². The number of amides is 1. The van der Waals surface area contributed by atoms with E-state index in [1.807, 2.05) is 57.8 Å². The van der Waals surface area contributed by atoms with Crippen molar-refractivity contribution >= 4 is 43.7 Å². The minimum Gasteiger partial charge on any atom is -0.444 e. The van der Waals surface area contributed by atoms with Crippen LogP contribution in [0.5, 0.6) is 0 Å². The van der Waals surface area contributed by atoms with E-state index >= 15 is 0 Å². The Morgan fingerprint density at radius 3 is 2.58 bits per heavy atom. The molecule has 45 heavy (non-hydrogen) atoms. The number of carbonyl (C=O) groups excluding carboxylic acids is 1. The Hall–Kier alpha value is -3.75. The Morgan fingerprint density at radius 2 is 1.89 bits per heavy atom. The number of likely N-dealkylation sites (tertiary alicyclic amines) is 1. The van der Waals surface area contributed by atoms with Crippen molar-refractivity contribution in [1.82, 2.24) is 20.2 Å². The number of benzene rings is 2. The zero-order valence-electron chi connectivity index (χ0n) is 27.5. The molecule has 0 radical (unpaired) electrons. The molecule has 6 rings (SSSR count). The van der Waals surface area contributed by atoms with Gasteiger partial charge in [-0.2, -0.15) is 0 Å². The highest BCUT2D eigenvalue weighted by atomic mass is 31.1. The highest BCUT2D eigenvalue weighted by Crippen LogP contribution is 2.40. The lowest BCUT2D eigenvalue weighted by atomic mass is 10.0. The third-order valence-corrected chi connectivity index (χ3v) is 9.26. The van der Waals surface area contributed by atoms with Crippen molar-refractivity contribution in [3.8, 4) is 11.1 Å². The maximum atomic E-state index is 12.9. The maximum absolute atomic E-state index is 12.9. The molecule has 10 nitrogen and oxygen atoms in total. The number of nitrogens with zero attached hydrogens (tertiary/aromatic N) is 5. The second-order valence-corrected chi connectivity index (χ2v) is 13.6. The molecule has 1 aromatic heterocycles. The van der Waals surface area contributed by atoms with Gasteiger partial charge in [0.2, 0.25) is 0 Å². The van der Waals surface area contributed by atoms with Gasteiger partial charge in [0.25, 0.3) is 0 Å². The lowest BCUT2D eigenvalue weighted by Crippen LogP contribution is -2.52. The molecular formula is C34H47N8O2P. The molecule has 3 aliphatic rings. The molecule has 0 saturated carbocycles. The number of rotatable bonds is 6. The molecule has 0 bridgehead atoms. The summed E-state index contributed by atoms with van der Waals surface area (Å²) in [5, 5.41) is 7.20. The molecule has 240 valence electrons. The number of nitrogens with one attached hydrogen (secondary N) is 3. The Labute approximate surface area is 268 Å². The lowest BCUT2D eigenvalue weighted by molar-refractivity contribution is 0.0214. The first-order valence-electron chi connectivity index (χ1n) is 15.9. The van der Waals surface area contributed by atoms with E-state index in [9.17, 15) is 4.79 Å². The Morgan fingerprint density at radius 1 is 1.13 bits per heavy atom. The van der Waals surface area contributed by atoms with Crippen LogP contribution < -0.4 is 15.5 Å². The highest BCUT2D eigenvalue weighted by Gasteiger charge is 2.41. The Bertz CT molecular complexity index is 1520. The summed E-state index contributed by atoms with van der Waals surface area (Å²) in [4.78, 5) is 34.2. The van der Waals surface area contributed by atoms with Gasteiger partial charge in [0.1, 0.15) is 23.3 Å². The van der Waals surface area contributed by atoms with Crippen LogP contribution in [-0.4, -0.2) is 83.8 Å². The first-order chi connectivity index (χ1) is 21.7. The number of fused-ring (bicyclic) bond motifs is 1. The number of hydrogen-bond acceptors (Lipinski definition) is 8. The van der Waals surface area contributed by atoms with Crippen LogP contribution in [0.4, 0.5) is 21.9 Å². The predicted molar refractivity (Wildman–Crippen MR) is 188 cm³/mol. The average molecular weight is 631 g/mol. The van der Waals surface area contributed by atoms with Crippen molar-refractivity contribution in [2.75, 3.05) is 43.3 Å². The van der Waals surface area contributed by atoms with Gasteiger partial charge in [0.15, 0.2) is 0 Å². The fraction of sp³-hybridized carbons (Fsp3) is 0.471. The van der Waals surface area contributed by atoms with Crippen LogP contribution >= 0.6 is 8.58 Å². The number of likely N-dealkylation sites (N-methyl/N-ethyl adjacent to an activating group) is 1. The van der Waals surface area contributed by atoms with E-state index in [0.29, 0.717) is 6.54 Å². The van der Waals surface area contributed by atoms with E-state index < -0.39 is 5.60 Å². The second kappa shape index (κ2) is 14.1. The van der Waals surface area contributed by atoms with Gasteiger partial charge in [0.05, 0.1) is 41.0 Å². The molecule has 2 aromatic carbocycles. The molecule has 2 saturated heterocycles. The van der Waals surface area contributed by atoms with Gasteiger partial charge in [0, 0.05) is 33.1 Å². The molecule has 3 unspecified atom stereocenters. The van der Waals surface area contributed by atoms with Gasteiger partial charge in [-0.1, -0.05) is 32.0 Å². The van der Waals surface area contributed by atoms with Crippen molar-refractivity contribution in [2.24, 2.45) is 9.98 Å². The topological polar surface area (TPSA) is 110 Å². The lowest BCUT2D eigenvalue weighted by Gasteiger charge is -2.35. The van der Waals surface area contributed by atoms with E-state index in [2.05, 4.69) is 67.9 Å². The van der Waals surface area contributed by atoms with Gasteiger partial charge in [-0.3, -0.25) is 4.99 Å². The summed E-state index contributed by atoms with van der Waals surface area (Å²) in [6, 6.07) is 15.1. The van der Waals surface area contributed by atoms with Gasteiger partial charge in [-0.05, 0) is 75.2 Å². The predicted octanol–water partition coefficient (Wildman–Crippen LogP) is 6.79. The van der Waals surface area contributed by atoms with E-state index in [-0.39, 0.29) is 24.3 Å². The maximum Gasteiger partial charge on any atom is 0.410 e. The molecule has 0 spiro atoms. The number of aromatic nitrogens is 2. The normalized spacial score (nSPS) is 22.0. The van der Waals surface area contributed by atoms with E-state index in [4.69, 9.17) is 9.73 Å². The number of aliphatic imine (C=N–C) groups is 2. The number of H-pyrrole nitrogens is 1. The summed E-state index contributed by atoms with van der Waals surface area (Å²) >= 11 is 0. The van der Waals surface area contributed by atoms with Gasteiger partial charge < -0.3 is 30.2 Å². The van der Waals surface area contributed by atoms with Crippen molar-refractivity contribution in [3.05, 3.63) is 60.2 Å². The van der Waals surface area contributed by atoms with Crippen molar-refractivity contribution in [1.29, 1.82) is 0 Å². The summed E-state index contributed by atoms with van der Waals surface area (Å²) in [7, 11) is 4.77. The van der Waals surface area contributed by atoms with Crippen molar-refractivity contribution < 1.29 is 9.53 Å². The molecule has 3 aliphatic heterocycles. The molecule has 3 N–H and O–H groups in total. The minimum atomic E-state index is -0.515. The fourth-order valence-corrected chi connectivity index (χ4v) is 7.20. The summed E-state index contributed by atoms with van der Waals surface area (Å²) in [6.45, 7) is 10.4. The van der Waals surface area contributed by atoms with Crippen molar-refractivity contribution in [3.63, 3.8) is 0 Å². The second-order valence-electron chi connectivity index (χ2n) is 12.3. The standard InChI is InChI=1S/C32H41N8O2P.C2H6/c1-32(2,3)42-31(41)40-14-6-7-28(40)30-38-23-15-21(10-13-27(23)39(30)5)20-8-11-22(12-9-20)36-24(16-33-4)25-17-34-29(37-25)26-18-43-19-35-26;1-2/h8-13,15-17,26,28,30,35,38,43H,6-7,14,18-19H2,1-5H3,(H,34,37);1-2H3/t26-,28?,30?;/m0./s1. The molecule has 4 heterocycles. The van der Waals surface area contributed by atoms with Gasteiger partial charge >= 0.3 is 6.09 Å². The van der Waals surface area contributed by atoms with E-state index in [0.717, 1.165) is 79.3 Å². The largest absolute Gasteiger partial charge is 0.444 e. The van der Waals surface area contributed by atoms with Crippen LogP contribution in [0.3, 0.4) is 0 Å². The molecule has 11 heteroatoms. The first kappa shape index (κ1) is 32.6. The van der Waals surface area contributed by atoms with Crippen LogP contribution in [0.1, 0.15) is 65.0 Å². The molecular weight excluding hydrogens is 583 g/mol. The van der Waals surface area contributed by atoms with E-state index in [1.165, 1.54) is 0 Å². The van der Waals surface area contributed by atoms with Crippen LogP contribution in [0.15, 0.2) is 58.6 Å². The number of aromatic amines is 1. The number of anilines is 2. The monoisotopic (exact) mass is 630 g/mol. The van der Waals surface area contributed by atoms with Gasteiger partial charge in [-0.25, -0.2) is 14.8 Å². The number of imidazole rings is 1. The third kappa shape index (κ3) is 7.39. The Balaban J connectivity index is 0.00000196. The average Bonchev–Trinajstić information content (AvgIpc) is 3.84. The number of hydrogen-bond donors (Lipinski definition) is 3. The number of carbonyl (C=O) groups is 1. The molecule has 1 amide bonds. The van der Waals surface area contributed by atoms with Gasteiger partial charge in [-0.15, -0.1) is 8.58 Å². The molecule has 2 fully saturated rings. The Kier molecular flexibility index (Phi) is 10.2. The van der Waals surface area contributed by atoms with E-state index in [1.54, 1.807) is 13.3 Å². The first-order valence-corrected chi connectivity index (χ1v) is 17.4. The highest BCUT2D eigenvalue weighted by molar-refractivity contribution is 7.38. The zero-order valence-corrected chi connectivity index (χ0v) is 28.5. The minimum absolute atomic E-state index is 0.0107. The smallest absolute Gasteiger partial charge is 0.410 e. The molecule has 4 atom stereocenters.